The third-order valence-electron chi connectivity index (χ3n) is 2.01. The van der Waals surface area contributed by atoms with Crippen molar-refractivity contribution in [2.24, 2.45) is 5.92 Å². The highest BCUT2D eigenvalue weighted by molar-refractivity contribution is 4.84. The molecular weight excluding hydrogens is 131 g/mol. The predicted octanol–water partition coefficient (Wildman–Crippen LogP) is 1.15. The van der Waals surface area contributed by atoms with Crippen LogP contribution >= 0.6 is 0 Å². The highest BCUT2D eigenvalue weighted by Crippen LogP contribution is 2.18. The van der Waals surface area contributed by atoms with Gasteiger partial charge in [-0.3, -0.25) is 0 Å². The summed E-state index contributed by atoms with van der Waals surface area (Å²) in [5, 5.41) is 8.40. The molecule has 1 fully saturated rings. The lowest BCUT2D eigenvalue weighted by molar-refractivity contribution is 0.130. The number of halogens is 1. The normalized spacial score (nSPS) is 33.5. The van der Waals surface area contributed by atoms with Crippen LogP contribution in [0, 0.1) is 17.4 Å². The number of alkyl halides is 1. The molecule has 1 aliphatic rings. The number of hydrogen-bond acceptors (Lipinski definition) is 2. The summed E-state index contributed by atoms with van der Waals surface area (Å²) in [5.74, 6) is 0.129. The van der Waals surface area contributed by atoms with Crippen LogP contribution in [-0.4, -0.2) is 24.2 Å². The van der Waals surface area contributed by atoms with Gasteiger partial charge in [0.1, 0.15) is 6.17 Å². The lowest BCUT2D eigenvalue weighted by Crippen LogP contribution is -2.37. The fourth-order valence-electron chi connectivity index (χ4n) is 1.11. The Hall–Kier alpha value is -0.780. The molecule has 1 aliphatic heterocycles. The fraction of sp³-hybridized carbons (Fsp3) is 0.857. The first-order valence-electron chi connectivity index (χ1n) is 3.53. The zero-order valence-electron chi connectivity index (χ0n) is 6.05. The highest BCUT2D eigenvalue weighted by atomic mass is 19.1. The molecule has 0 radical (unpaired) electrons. The molecule has 0 bridgehead atoms. The molecule has 0 N–H and O–H groups in total. The molecule has 1 heterocycles. The molecule has 56 valence electrons. The maximum Gasteiger partial charge on any atom is 0.179 e. The SMILES string of the molecule is C[C@@H]1CCN(C#N)C[C@@H]1F. The Kier molecular flexibility index (Phi) is 2.10. The van der Waals surface area contributed by atoms with Gasteiger partial charge in [0.05, 0.1) is 6.54 Å². The van der Waals surface area contributed by atoms with E-state index in [0.29, 0.717) is 0 Å². The standard InChI is InChI=1S/C7H11FN2/c1-6-2-3-10(5-9)4-7(6)8/h6-7H,2-4H2,1H3/t6-,7+/m1/s1. The summed E-state index contributed by atoms with van der Waals surface area (Å²) in [6.45, 7) is 2.90. The minimum atomic E-state index is -0.812. The first-order valence-corrected chi connectivity index (χ1v) is 3.53. The second-order valence-electron chi connectivity index (χ2n) is 2.83. The number of nitrogens with zero attached hydrogens (tertiary/aromatic N) is 2. The molecule has 0 aromatic rings. The minimum absolute atomic E-state index is 0.129. The van der Waals surface area contributed by atoms with Gasteiger partial charge in [-0.05, 0) is 12.3 Å². The van der Waals surface area contributed by atoms with Gasteiger partial charge >= 0.3 is 0 Å². The van der Waals surface area contributed by atoms with Gasteiger partial charge in [0.25, 0.3) is 0 Å². The molecular formula is C7H11FN2. The van der Waals surface area contributed by atoms with Crippen molar-refractivity contribution in [1.29, 1.82) is 5.26 Å². The fourth-order valence-corrected chi connectivity index (χ4v) is 1.11. The van der Waals surface area contributed by atoms with Crippen LogP contribution in [0.3, 0.4) is 0 Å². The van der Waals surface area contributed by atoms with Gasteiger partial charge < -0.3 is 4.90 Å². The van der Waals surface area contributed by atoms with Crippen molar-refractivity contribution >= 4 is 0 Å². The van der Waals surface area contributed by atoms with Gasteiger partial charge in [0.15, 0.2) is 6.19 Å². The van der Waals surface area contributed by atoms with E-state index in [1.807, 2.05) is 13.1 Å². The van der Waals surface area contributed by atoms with Crippen LogP contribution in [0.4, 0.5) is 4.39 Å². The average Bonchev–Trinajstić information content (AvgIpc) is 1.95. The number of likely N-dealkylation sites (tertiary alicyclic amines) is 1. The Balaban J connectivity index is 2.42. The van der Waals surface area contributed by atoms with E-state index in [9.17, 15) is 4.39 Å². The Bertz CT molecular complexity index is 152. The maximum atomic E-state index is 12.8. The van der Waals surface area contributed by atoms with Crippen molar-refractivity contribution in [3.8, 4) is 6.19 Å². The average molecular weight is 142 g/mol. The monoisotopic (exact) mass is 142 g/mol. The minimum Gasteiger partial charge on any atom is -0.308 e. The van der Waals surface area contributed by atoms with E-state index in [1.165, 1.54) is 4.90 Å². The van der Waals surface area contributed by atoms with E-state index in [-0.39, 0.29) is 12.5 Å². The Morgan fingerprint density at radius 1 is 1.70 bits per heavy atom. The molecule has 0 unspecified atom stereocenters. The highest BCUT2D eigenvalue weighted by Gasteiger charge is 2.24. The molecule has 2 atom stereocenters. The van der Waals surface area contributed by atoms with E-state index < -0.39 is 6.17 Å². The van der Waals surface area contributed by atoms with Gasteiger partial charge in [-0.2, -0.15) is 5.26 Å². The Labute approximate surface area is 60.2 Å². The molecule has 0 aromatic heterocycles. The quantitative estimate of drug-likeness (QED) is 0.474. The van der Waals surface area contributed by atoms with E-state index in [1.54, 1.807) is 0 Å². The van der Waals surface area contributed by atoms with Crippen molar-refractivity contribution in [3.63, 3.8) is 0 Å². The van der Waals surface area contributed by atoms with E-state index in [4.69, 9.17) is 5.26 Å². The van der Waals surface area contributed by atoms with Gasteiger partial charge in [0, 0.05) is 6.54 Å². The van der Waals surface area contributed by atoms with E-state index in [2.05, 4.69) is 0 Å². The van der Waals surface area contributed by atoms with Crippen LogP contribution in [0.1, 0.15) is 13.3 Å². The first-order chi connectivity index (χ1) is 4.74. The zero-order valence-corrected chi connectivity index (χ0v) is 6.05. The summed E-state index contributed by atoms with van der Waals surface area (Å²) in [4.78, 5) is 1.48. The maximum absolute atomic E-state index is 12.8. The Morgan fingerprint density at radius 2 is 2.40 bits per heavy atom. The lowest BCUT2D eigenvalue weighted by atomic mass is 9.98. The molecule has 0 amide bonds. The van der Waals surface area contributed by atoms with Crippen molar-refractivity contribution < 1.29 is 4.39 Å². The summed E-state index contributed by atoms with van der Waals surface area (Å²) in [6.07, 6.45) is 1.94. The summed E-state index contributed by atoms with van der Waals surface area (Å²) >= 11 is 0. The summed E-state index contributed by atoms with van der Waals surface area (Å²) in [5.41, 5.74) is 0. The first kappa shape index (κ1) is 7.33. The van der Waals surface area contributed by atoms with Crippen molar-refractivity contribution in [2.45, 2.75) is 19.5 Å². The molecule has 0 aromatic carbocycles. The molecule has 10 heavy (non-hydrogen) atoms. The van der Waals surface area contributed by atoms with Crippen molar-refractivity contribution in [2.75, 3.05) is 13.1 Å². The van der Waals surface area contributed by atoms with Crippen molar-refractivity contribution in [3.05, 3.63) is 0 Å². The number of nitriles is 1. The smallest absolute Gasteiger partial charge is 0.179 e. The summed E-state index contributed by atoms with van der Waals surface area (Å²) in [7, 11) is 0. The molecule has 0 saturated carbocycles. The van der Waals surface area contributed by atoms with Crippen LogP contribution in [0.25, 0.3) is 0 Å². The third kappa shape index (κ3) is 1.38. The van der Waals surface area contributed by atoms with Crippen LogP contribution in [-0.2, 0) is 0 Å². The van der Waals surface area contributed by atoms with E-state index in [0.717, 1.165) is 13.0 Å². The van der Waals surface area contributed by atoms with Crippen molar-refractivity contribution in [1.82, 2.24) is 4.90 Å². The zero-order chi connectivity index (χ0) is 7.56. The second-order valence-corrected chi connectivity index (χ2v) is 2.83. The van der Waals surface area contributed by atoms with Gasteiger partial charge in [-0.1, -0.05) is 6.92 Å². The lowest BCUT2D eigenvalue weighted by Gasteiger charge is -2.28. The van der Waals surface area contributed by atoms with Crippen LogP contribution in [0.15, 0.2) is 0 Å². The number of piperidine rings is 1. The van der Waals surface area contributed by atoms with Crippen LogP contribution < -0.4 is 0 Å². The summed E-state index contributed by atoms with van der Waals surface area (Å²) in [6, 6.07) is 0. The number of rotatable bonds is 0. The second kappa shape index (κ2) is 2.87. The molecule has 0 spiro atoms. The van der Waals surface area contributed by atoms with Gasteiger partial charge in [-0.15, -0.1) is 0 Å². The van der Waals surface area contributed by atoms with Crippen LogP contribution in [0.2, 0.25) is 0 Å². The molecule has 3 heteroatoms. The topological polar surface area (TPSA) is 27.0 Å². The Morgan fingerprint density at radius 3 is 2.90 bits per heavy atom. The van der Waals surface area contributed by atoms with Crippen LogP contribution in [0.5, 0.6) is 0 Å². The molecule has 0 aliphatic carbocycles. The predicted molar refractivity (Wildman–Crippen MR) is 35.9 cm³/mol. The number of hydrogen-bond donors (Lipinski definition) is 0. The molecule has 2 nitrogen and oxygen atoms in total. The van der Waals surface area contributed by atoms with Gasteiger partial charge in [0.2, 0.25) is 0 Å². The summed E-state index contributed by atoms with van der Waals surface area (Å²) < 4.78 is 12.8. The largest absolute Gasteiger partial charge is 0.308 e. The van der Waals surface area contributed by atoms with Gasteiger partial charge in [-0.25, -0.2) is 4.39 Å². The molecule has 1 saturated heterocycles. The van der Waals surface area contributed by atoms with E-state index >= 15 is 0 Å². The third-order valence-corrected chi connectivity index (χ3v) is 2.01. The molecule has 1 rings (SSSR count).